The van der Waals surface area contributed by atoms with E-state index in [1.165, 1.54) is 0 Å². The van der Waals surface area contributed by atoms with Gasteiger partial charge in [-0.25, -0.2) is 0 Å². The van der Waals surface area contributed by atoms with Crippen molar-refractivity contribution in [2.24, 2.45) is 0 Å². The molecule has 1 amide bonds. The Hall–Kier alpha value is -4.31. The molecule has 1 N–H and O–H groups in total. The number of para-hydroxylation sites is 1. The second-order valence-electron chi connectivity index (χ2n) is 9.92. The highest BCUT2D eigenvalue weighted by molar-refractivity contribution is 6.05. The number of ether oxygens (including phenoxy) is 1. The number of fused-ring (bicyclic) bond motifs is 1. The molecule has 0 spiro atoms. The maximum Gasteiger partial charge on any atom is 0.422 e. The van der Waals surface area contributed by atoms with E-state index in [1.54, 1.807) is 49.4 Å². The van der Waals surface area contributed by atoms with Crippen LogP contribution in [-0.2, 0) is 0 Å². The highest BCUT2D eigenvalue weighted by Gasteiger charge is 2.28. The van der Waals surface area contributed by atoms with E-state index >= 15 is 0 Å². The Morgan fingerprint density at radius 1 is 0.951 bits per heavy atom. The van der Waals surface area contributed by atoms with E-state index < -0.39 is 12.8 Å². The number of anilines is 1. The lowest BCUT2D eigenvalue weighted by atomic mass is 10.0. The number of rotatable bonds is 8. The van der Waals surface area contributed by atoms with Gasteiger partial charge in [-0.3, -0.25) is 14.5 Å². The molecule has 1 aliphatic heterocycles. The molecule has 7 nitrogen and oxygen atoms in total. The Morgan fingerprint density at radius 2 is 1.66 bits per heavy atom. The van der Waals surface area contributed by atoms with Gasteiger partial charge < -0.3 is 19.4 Å². The summed E-state index contributed by atoms with van der Waals surface area (Å²) in [4.78, 5) is 30.6. The van der Waals surface area contributed by atoms with Crippen LogP contribution >= 0.6 is 0 Å². The highest BCUT2D eigenvalue weighted by atomic mass is 19.4. The summed E-state index contributed by atoms with van der Waals surface area (Å²) in [5.74, 6) is 0.315. The molecule has 0 atom stereocenters. The fraction of sp³-hybridized carbons (Fsp3) is 0.290. The molecular formula is C31H30F3N3O4. The quantitative estimate of drug-likeness (QED) is 0.314. The summed E-state index contributed by atoms with van der Waals surface area (Å²) < 4.78 is 48.0. The van der Waals surface area contributed by atoms with Gasteiger partial charge in [0, 0.05) is 56.1 Å². The molecule has 0 saturated carbocycles. The maximum atomic E-state index is 13.1. The van der Waals surface area contributed by atoms with Crippen molar-refractivity contribution in [3.8, 4) is 17.1 Å². The number of benzene rings is 3. The van der Waals surface area contributed by atoms with Crippen LogP contribution in [0.5, 0.6) is 5.75 Å². The number of amides is 1. The van der Waals surface area contributed by atoms with Crippen LogP contribution < -0.4 is 20.4 Å². The average molecular weight is 566 g/mol. The van der Waals surface area contributed by atoms with Gasteiger partial charge in [0.1, 0.15) is 11.5 Å². The van der Waals surface area contributed by atoms with E-state index in [2.05, 4.69) is 15.1 Å². The topological polar surface area (TPSA) is 75.0 Å². The molecule has 3 aromatic carbocycles. The van der Waals surface area contributed by atoms with Crippen molar-refractivity contribution in [2.45, 2.75) is 13.1 Å². The summed E-state index contributed by atoms with van der Waals surface area (Å²) in [7, 11) is 0. The Bertz CT molecular complexity index is 1560. The number of halogens is 3. The first-order valence-electron chi connectivity index (χ1n) is 13.4. The minimum absolute atomic E-state index is 0.166. The van der Waals surface area contributed by atoms with Gasteiger partial charge in [-0.2, -0.15) is 13.2 Å². The van der Waals surface area contributed by atoms with Crippen LogP contribution in [0.25, 0.3) is 22.3 Å². The van der Waals surface area contributed by atoms with Crippen LogP contribution in [-0.4, -0.2) is 62.9 Å². The summed E-state index contributed by atoms with van der Waals surface area (Å²) in [5.41, 5.74) is 2.59. The van der Waals surface area contributed by atoms with Crippen LogP contribution in [0, 0.1) is 6.92 Å². The molecule has 1 saturated heterocycles. The van der Waals surface area contributed by atoms with Gasteiger partial charge >= 0.3 is 6.18 Å². The fourth-order valence-electron chi connectivity index (χ4n) is 4.92. The van der Waals surface area contributed by atoms with Gasteiger partial charge in [0.15, 0.2) is 17.6 Å². The number of nitrogens with zero attached hydrogens (tertiary/aromatic N) is 2. The van der Waals surface area contributed by atoms with Crippen LogP contribution in [0.1, 0.15) is 15.9 Å². The van der Waals surface area contributed by atoms with Gasteiger partial charge in [-0.1, -0.05) is 36.4 Å². The third kappa shape index (κ3) is 6.71. The molecule has 214 valence electrons. The molecule has 0 radical (unpaired) electrons. The number of alkyl halides is 3. The standard InChI is InChI=1S/C31H30F3N3O4/c1-21-27(38)25-8-5-9-26(29(25)41-28(21)22-6-3-2-4-7-22)30(39)35-14-15-36-16-18-37(19-17-36)23-10-12-24(13-11-23)40-20-31(32,33)34/h2-13H,14-20H2,1H3,(H,35,39). The summed E-state index contributed by atoms with van der Waals surface area (Å²) in [5, 5.41) is 3.32. The van der Waals surface area contributed by atoms with Crippen LogP contribution in [0.2, 0.25) is 0 Å². The van der Waals surface area contributed by atoms with Crippen molar-refractivity contribution >= 4 is 22.6 Å². The summed E-state index contributed by atoms with van der Waals surface area (Å²) in [6.07, 6.45) is -4.37. The summed E-state index contributed by atoms with van der Waals surface area (Å²) in [6, 6.07) is 21.0. The SMILES string of the molecule is Cc1c(-c2ccccc2)oc2c(C(=O)NCCN3CCN(c4ccc(OCC(F)(F)F)cc4)CC3)cccc2c1=O. The maximum absolute atomic E-state index is 13.1. The predicted molar refractivity (Wildman–Crippen MR) is 152 cm³/mol. The van der Waals surface area contributed by atoms with E-state index in [1.807, 2.05) is 30.3 Å². The molecular weight excluding hydrogens is 535 g/mol. The Balaban J connectivity index is 1.16. The number of carbonyl (C=O) groups is 1. The minimum atomic E-state index is -4.37. The average Bonchev–Trinajstić information content (AvgIpc) is 2.98. The Labute approximate surface area is 235 Å². The second-order valence-corrected chi connectivity index (χ2v) is 9.92. The zero-order valence-electron chi connectivity index (χ0n) is 22.5. The molecule has 0 unspecified atom stereocenters. The first-order valence-corrected chi connectivity index (χ1v) is 13.4. The van der Waals surface area contributed by atoms with Gasteiger partial charge in [-0.15, -0.1) is 0 Å². The molecule has 4 aromatic rings. The van der Waals surface area contributed by atoms with Crippen LogP contribution in [0.15, 0.2) is 82.0 Å². The number of hydrogen-bond acceptors (Lipinski definition) is 6. The normalized spacial score (nSPS) is 14.3. The lowest BCUT2D eigenvalue weighted by molar-refractivity contribution is -0.153. The van der Waals surface area contributed by atoms with Gasteiger partial charge in [-0.05, 0) is 43.3 Å². The van der Waals surface area contributed by atoms with Crippen LogP contribution in [0.4, 0.5) is 18.9 Å². The zero-order chi connectivity index (χ0) is 29.0. The van der Waals surface area contributed by atoms with Crippen molar-refractivity contribution < 1.29 is 27.1 Å². The molecule has 5 rings (SSSR count). The first kappa shape index (κ1) is 28.2. The van der Waals surface area contributed by atoms with E-state index in [0.29, 0.717) is 35.4 Å². The zero-order valence-corrected chi connectivity index (χ0v) is 22.5. The molecule has 1 aliphatic rings. The van der Waals surface area contributed by atoms with Gasteiger partial charge in [0.05, 0.1) is 10.9 Å². The van der Waals surface area contributed by atoms with E-state index in [9.17, 15) is 22.8 Å². The third-order valence-electron chi connectivity index (χ3n) is 7.12. The molecule has 2 heterocycles. The predicted octanol–water partition coefficient (Wildman–Crippen LogP) is 5.26. The monoisotopic (exact) mass is 565 g/mol. The van der Waals surface area contributed by atoms with E-state index in [4.69, 9.17) is 9.15 Å². The molecule has 1 aromatic heterocycles. The molecule has 10 heteroatoms. The summed E-state index contributed by atoms with van der Waals surface area (Å²) >= 11 is 0. The van der Waals surface area contributed by atoms with E-state index in [-0.39, 0.29) is 22.7 Å². The highest BCUT2D eigenvalue weighted by Crippen LogP contribution is 2.27. The molecule has 0 aliphatic carbocycles. The Kier molecular flexibility index (Phi) is 8.30. The second kappa shape index (κ2) is 12.1. The lowest BCUT2D eigenvalue weighted by Crippen LogP contribution is -2.48. The van der Waals surface area contributed by atoms with Crippen molar-refractivity contribution in [1.29, 1.82) is 0 Å². The van der Waals surface area contributed by atoms with Crippen LogP contribution in [0.3, 0.4) is 0 Å². The minimum Gasteiger partial charge on any atom is -0.484 e. The van der Waals surface area contributed by atoms with Gasteiger partial charge in [0.25, 0.3) is 5.91 Å². The van der Waals surface area contributed by atoms with E-state index in [0.717, 1.165) is 37.4 Å². The van der Waals surface area contributed by atoms with Gasteiger partial charge in [0.2, 0.25) is 0 Å². The summed E-state index contributed by atoms with van der Waals surface area (Å²) in [6.45, 7) is 4.50. The van der Waals surface area contributed by atoms with Crippen molar-refractivity contribution in [1.82, 2.24) is 10.2 Å². The lowest BCUT2D eigenvalue weighted by Gasteiger charge is -2.36. The van der Waals surface area contributed by atoms with Crippen molar-refractivity contribution in [3.63, 3.8) is 0 Å². The van der Waals surface area contributed by atoms with Crippen molar-refractivity contribution in [2.75, 3.05) is 50.8 Å². The third-order valence-corrected chi connectivity index (χ3v) is 7.12. The number of piperazine rings is 1. The first-order chi connectivity index (χ1) is 19.7. The number of nitrogens with one attached hydrogen (secondary N) is 1. The Morgan fingerprint density at radius 3 is 2.34 bits per heavy atom. The smallest absolute Gasteiger partial charge is 0.422 e. The molecule has 0 bridgehead atoms. The largest absolute Gasteiger partial charge is 0.484 e. The number of hydrogen-bond donors (Lipinski definition) is 1. The molecule has 1 fully saturated rings. The van der Waals surface area contributed by atoms with Crippen molar-refractivity contribution in [3.05, 3.63) is 94.1 Å². The fourth-order valence-corrected chi connectivity index (χ4v) is 4.92. The molecule has 41 heavy (non-hydrogen) atoms. The number of carbonyl (C=O) groups excluding carboxylic acids is 1.